The van der Waals surface area contributed by atoms with Crippen LogP contribution in [0.25, 0.3) is 22.5 Å². The van der Waals surface area contributed by atoms with Crippen LogP contribution in [0, 0.1) is 6.92 Å². The lowest BCUT2D eigenvalue weighted by molar-refractivity contribution is 0.00133. The zero-order chi connectivity index (χ0) is 17.1. The van der Waals surface area contributed by atoms with Crippen LogP contribution in [0.15, 0.2) is 42.6 Å². The number of ether oxygens (including phenoxy) is 1. The molecular weight excluding hydrogens is 314 g/mol. The smallest absolute Gasteiger partial charge is 0.204 e. The van der Waals surface area contributed by atoms with Crippen LogP contribution in [0.1, 0.15) is 25.0 Å². The molecule has 0 spiro atoms. The van der Waals surface area contributed by atoms with Crippen molar-refractivity contribution < 1.29 is 4.74 Å². The van der Waals surface area contributed by atoms with Crippen molar-refractivity contribution in [2.45, 2.75) is 38.8 Å². The first-order valence-electron chi connectivity index (χ1n) is 8.71. The van der Waals surface area contributed by atoms with Gasteiger partial charge in [-0.15, -0.1) is 10.2 Å². The summed E-state index contributed by atoms with van der Waals surface area (Å²) >= 11 is 0. The number of rotatable bonds is 4. The summed E-state index contributed by atoms with van der Waals surface area (Å²) in [4.78, 5) is 5.99. The predicted molar refractivity (Wildman–Crippen MR) is 94.8 cm³/mol. The van der Waals surface area contributed by atoms with Crippen LogP contribution < -0.4 is 0 Å². The maximum Gasteiger partial charge on any atom is 0.204 e. The van der Waals surface area contributed by atoms with E-state index in [4.69, 9.17) is 4.74 Å². The fourth-order valence-electron chi connectivity index (χ4n) is 3.02. The molecule has 4 rings (SSSR count). The lowest BCUT2D eigenvalue weighted by Gasteiger charge is -2.21. The lowest BCUT2D eigenvalue weighted by atomic mass is 10.1. The second-order valence-electron chi connectivity index (χ2n) is 6.42. The molecule has 3 heterocycles. The van der Waals surface area contributed by atoms with Crippen molar-refractivity contribution >= 4 is 0 Å². The highest BCUT2D eigenvalue weighted by Gasteiger charge is 2.16. The molecule has 3 aromatic rings. The molecule has 0 bridgehead atoms. The summed E-state index contributed by atoms with van der Waals surface area (Å²) in [5, 5.41) is 12.8. The average Bonchev–Trinajstić information content (AvgIpc) is 3.12. The van der Waals surface area contributed by atoms with Crippen molar-refractivity contribution in [1.82, 2.24) is 25.2 Å². The standard InChI is InChI=1S/C19H21N5O/c1-14-5-6-17(12-20-14)15-7-9-16(10-8-15)19-21-23-24(22-19)13-18-4-2-3-11-25-18/h5-10,12,18H,2-4,11,13H2,1H3. The van der Waals surface area contributed by atoms with Crippen LogP contribution in [-0.2, 0) is 11.3 Å². The molecule has 1 atom stereocenters. The summed E-state index contributed by atoms with van der Waals surface area (Å²) in [6.07, 6.45) is 5.52. The van der Waals surface area contributed by atoms with E-state index in [1.807, 2.05) is 31.3 Å². The quantitative estimate of drug-likeness (QED) is 0.732. The average molecular weight is 335 g/mol. The van der Waals surface area contributed by atoms with Crippen molar-refractivity contribution in [1.29, 1.82) is 0 Å². The fourth-order valence-corrected chi connectivity index (χ4v) is 3.02. The molecule has 1 aromatic carbocycles. The Morgan fingerprint density at radius 2 is 1.84 bits per heavy atom. The molecule has 0 saturated carbocycles. The van der Waals surface area contributed by atoms with Gasteiger partial charge >= 0.3 is 0 Å². The molecule has 6 heteroatoms. The minimum atomic E-state index is 0.201. The number of benzene rings is 1. The van der Waals surface area contributed by atoms with E-state index in [2.05, 4.69) is 38.6 Å². The third-order valence-electron chi connectivity index (χ3n) is 4.48. The summed E-state index contributed by atoms with van der Waals surface area (Å²) < 4.78 is 5.74. The summed E-state index contributed by atoms with van der Waals surface area (Å²) in [6, 6.07) is 12.3. The maximum absolute atomic E-state index is 5.74. The molecule has 1 unspecified atom stereocenters. The van der Waals surface area contributed by atoms with Gasteiger partial charge in [0, 0.05) is 29.6 Å². The van der Waals surface area contributed by atoms with Crippen molar-refractivity contribution in [3.8, 4) is 22.5 Å². The monoisotopic (exact) mass is 335 g/mol. The first-order valence-corrected chi connectivity index (χ1v) is 8.71. The first kappa shape index (κ1) is 15.9. The van der Waals surface area contributed by atoms with Gasteiger partial charge in [-0.2, -0.15) is 4.80 Å². The SMILES string of the molecule is Cc1ccc(-c2ccc(-c3nnn(CC4CCCCO4)n3)cc2)cn1. The van der Waals surface area contributed by atoms with Crippen molar-refractivity contribution in [3.05, 3.63) is 48.3 Å². The molecule has 0 amide bonds. The van der Waals surface area contributed by atoms with E-state index < -0.39 is 0 Å². The Bertz CT molecular complexity index is 820. The number of aromatic nitrogens is 5. The lowest BCUT2D eigenvalue weighted by Crippen LogP contribution is -2.25. The van der Waals surface area contributed by atoms with Gasteiger partial charge < -0.3 is 4.74 Å². The molecule has 2 aromatic heterocycles. The summed E-state index contributed by atoms with van der Waals surface area (Å²) in [7, 11) is 0. The van der Waals surface area contributed by atoms with Crippen LogP contribution in [0.5, 0.6) is 0 Å². The number of tetrazole rings is 1. The van der Waals surface area contributed by atoms with Gasteiger partial charge in [0.1, 0.15) is 0 Å². The van der Waals surface area contributed by atoms with Crippen molar-refractivity contribution in [2.75, 3.05) is 6.61 Å². The second kappa shape index (κ2) is 7.11. The van der Waals surface area contributed by atoms with Gasteiger partial charge in [0.05, 0.1) is 12.6 Å². The van der Waals surface area contributed by atoms with Crippen molar-refractivity contribution in [3.63, 3.8) is 0 Å². The summed E-state index contributed by atoms with van der Waals surface area (Å²) in [5.41, 5.74) is 4.20. The van der Waals surface area contributed by atoms with Crippen molar-refractivity contribution in [2.24, 2.45) is 0 Å². The Labute approximate surface area is 146 Å². The minimum Gasteiger partial charge on any atom is -0.376 e. The topological polar surface area (TPSA) is 65.7 Å². The van der Waals surface area contributed by atoms with Crippen LogP contribution >= 0.6 is 0 Å². The van der Waals surface area contributed by atoms with Gasteiger partial charge in [0.25, 0.3) is 0 Å². The zero-order valence-corrected chi connectivity index (χ0v) is 14.3. The number of nitrogens with zero attached hydrogens (tertiary/aromatic N) is 5. The fraction of sp³-hybridized carbons (Fsp3) is 0.368. The molecule has 6 nitrogen and oxygen atoms in total. The third-order valence-corrected chi connectivity index (χ3v) is 4.48. The van der Waals surface area contributed by atoms with Crippen LogP contribution in [0.4, 0.5) is 0 Å². The Hall–Kier alpha value is -2.60. The Kier molecular flexibility index (Phi) is 4.52. The molecule has 1 fully saturated rings. The first-order chi connectivity index (χ1) is 12.3. The Morgan fingerprint density at radius 1 is 1.04 bits per heavy atom. The predicted octanol–water partition coefficient (Wildman–Crippen LogP) is 3.28. The zero-order valence-electron chi connectivity index (χ0n) is 14.3. The summed E-state index contributed by atoms with van der Waals surface area (Å²) in [5.74, 6) is 0.643. The number of hydrogen-bond donors (Lipinski definition) is 0. The molecule has 0 radical (unpaired) electrons. The number of pyridine rings is 1. The van der Waals surface area contributed by atoms with E-state index in [0.717, 1.165) is 41.8 Å². The van der Waals surface area contributed by atoms with Gasteiger partial charge in [-0.25, -0.2) is 0 Å². The Balaban J connectivity index is 1.47. The van der Waals surface area contributed by atoms with E-state index in [-0.39, 0.29) is 6.10 Å². The van der Waals surface area contributed by atoms with E-state index in [1.165, 1.54) is 6.42 Å². The maximum atomic E-state index is 5.74. The van der Waals surface area contributed by atoms with E-state index in [0.29, 0.717) is 12.4 Å². The molecule has 1 aliphatic heterocycles. The minimum absolute atomic E-state index is 0.201. The molecular formula is C19H21N5O. The highest BCUT2D eigenvalue weighted by Crippen LogP contribution is 2.22. The largest absolute Gasteiger partial charge is 0.376 e. The molecule has 25 heavy (non-hydrogen) atoms. The van der Waals surface area contributed by atoms with Gasteiger partial charge in [-0.05, 0) is 43.0 Å². The normalized spacial score (nSPS) is 17.6. The second-order valence-corrected chi connectivity index (χ2v) is 6.42. The van der Waals surface area contributed by atoms with Crippen LogP contribution in [0.3, 0.4) is 0 Å². The van der Waals surface area contributed by atoms with E-state index in [9.17, 15) is 0 Å². The van der Waals surface area contributed by atoms with Gasteiger partial charge in [0.15, 0.2) is 0 Å². The molecule has 1 aliphatic rings. The number of hydrogen-bond acceptors (Lipinski definition) is 5. The van der Waals surface area contributed by atoms with Crippen LogP contribution in [0.2, 0.25) is 0 Å². The van der Waals surface area contributed by atoms with Crippen LogP contribution in [-0.4, -0.2) is 37.9 Å². The van der Waals surface area contributed by atoms with Gasteiger partial charge in [0.2, 0.25) is 5.82 Å². The summed E-state index contributed by atoms with van der Waals surface area (Å²) in [6.45, 7) is 3.49. The van der Waals surface area contributed by atoms with Gasteiger partial charge in [-0.3, -0.25) is 4.98 Å². The molecule has 1 saturated heterocycles. The third kappa shape index (κ3) is 3.74. The Morgan fingerprint density at radius 3 is 2.56 bits per heavy atom. The molecule has 0 aliphatic carbocycles. The van der Waals surface area contributed by atoms with Gasteiger partial charge in [-0.1, -0.05) is 30.3 Å². The molecule has 128 valence electrons. The number of aryl methyl sites for hydroxylation is 1. The van der Waals surface area contributed by atoms with E-state index in [1.54, 1.807) is 4.80 Å². The highest BCUT2D eigenvalue weighted by atomic mass is 16.5. The molecule has 0 N–H and O–H groups in total. The highest BCUT2D eigenvalue weighted by molar-refractivity contribution is 5.66. The van der Waals surface area contributed by atoms with E-state index >= 15 is 0 Å².